The molecule has 1 spiro atoms. The minimum Gasteiger partial charge on any atom is -0.311 e. The molecule has 0 aromatic heterocycles. The lowest BCUT2D eigenvalue weighted by atomic mass is 9.69. The maximum atomic E-state index is 3.66. The summed E-state index contributed by atoms with van der Waals surface area (Å²) in [5, 5.41) is 3.66. The summed E-state index contributed by atoms with van der Waals surface area (Å²) < 4.78 is 0. The molecule has 2 aliphatic rings. The average molecular weight is 169 g/mol. The lowest BCUT2D eigenvalue weighted by Crippen LogP contribution is -2.55. The van der Waals surface area contributed by atoms with Gasteiger partial charge in [-0.3, -0.25) is 0 Å². The predicted octanol–water partition coefficient (Wildman–Crippen LogP) is 2.95. The van der Waals surface area contributed by atoms with Crippen molar-refractivity contribution in [2.24, 2.45) is 5.92 Å². The molecule has 1 nitrogen and oxygen atoms in total. The van der Waals surface area contributed by atoms with Crippen LogP contribution in [0.3, 0.4) is 0 Å². The molecule has 1 saturated heterocycles. The number of hydrogen-bond donors (Lipinski definition) is 1. The van der Waals surface area contributed by atoms with Crippen LogP contribution < -0.4 is 5.32 Å². The number of hydrogen-bond acceptors (Lipinski definition) is 1. The second-order valence-electron chi connectivity index (χ2n) is 4.16. The Balaban J connectivity index is 0.000000336. The summed E-state index contributed by atoms with van der Waals surface area (Å²) in [5.41, 5.74) is 0.623. The van der Waals surface area contributed by atoms with E-state index in [0.717, 1.165) is 5.92 Å². The van der Waals surface area contributed by atoms with E-state index in [1.54, 1.807) is 0 Å². The molecule has 2 rings (SSSR count). The normalized spacial score (nSPS) is 31.8. The van der Waals surface area contributed by atoms with Gasteiger partial charge in [0.1, 0.15) is 0 Å². The van der Waals surface area contributed by atoms with Crippen molar-refractivity contribution < 1.29 is 0 Å². The van der Waals surface area contributed by atoms with E-state index in [0.29, 0.717) is 5.54 Å². The molecule has 0 bridgehead atoms. The molecule has 12 heavy (non-hydrogen) atoms. The Bertz CT molecular complexity index is 127. The molecule has 72 valence electrons. The molecule has 0 aromatic carbocycles. The van der Waals surface area contributed by atoms with Crippen molar-refractivity contribution >= 4 is 0 Å². The second-order valence-corrected chi connectivity index (χ2v) is 4.16. The first kappa shape index (κ1) is 10.0. The summed E-state index contributed by atoms with van der Waals surface area (Å²) in [6, 6.07) is 0. The third-order valence-electron chi connectivity index (χ3n) is 3.19. The van der Waals surface area contributed by atoms with Crippen molar-refractivity contribution in [3.63, 3.8) is 0 Å². The Morgan fingerprint density at radius 2 is 1.92 bits per heavy atom. The molecule has 2 fully saturated rings. The van der Waals surface area contributed by atoms with Gasteiger partial charge < -0.3 is 5.32 Å². The summed E-state index contributed by atoms with van der Waals surface area (Å²) in [6.45, 7) is 7.65. The summed E-state index contributed by atoms with van der Waals surface area (Å²) in [5.74, 6) is 0.974. The van der Waals surface area contributed by atoms with Crippen molar-refractivity contribution in [2.75, 3.05) is 6.54 Å². The Hall–Kier alpha value is -0.0400. The number of rotatable bonds is 0. The standard InChI is InChI=1S/C9H17N.C2H6/c1-8-3-6-10-9(7-8)4-2-5-9;1-2/h8,10H,2-7H2,1H3;1-2H3/t8-;/m0./s1. The molecular weight excluding hydrogens is 146 g/mol. The van der Waals surface area contributed by atoms with E-state index in [1.165, 1.54) is 38.6 Å². The molecule has 1 N–H and O–H groups in total. The maximum Gasteiger partial charge on any atom is 0.0184 e. The highest BCUT2D eigenvalue weighted by molar-refractivity contribution is 4.99. The Morgan fingerprint density at radius 3 is 2.25 bits per heavy atom. The van der Waals surface area contributed by atoms with Crippen molar-refractivity contribution in [1.29, 1.82) is 0 Å². The maximum absolute atomic E-state index is 3.66. The molecule has 1 saturated carbocycles. The quantitative estimate of drug-likeness (QED) is 0.588. The highest BCUT2D eigenvalue weighted by Gasteiger charge is 2.39. The van der Waals surface area contributed by atoms with Crippen LogP contribution >= 0.6 is 0 Å². The van der Waals surface area contributed by atoms with Crippen molar-refractivity contribution in [3.05, 3.63) is 0 Å². The van der Waals surface area contributed by atoms with Crippen molar-refractivity contribution in [3.8, 4) is 0 Å². The molecule has 0 unspecified atom stereocenters. The molecule has 1 atom stereocenters. The van der Waals surface area contributed by atoms with Crippen molar-refractivity contribution in [1.82, 2.24) is 5.32 Å². The highest BCUT2D eigenvalue weighted by atomic mass is 15.0. The van der Waals surface area contributed by atoms with Gasteiger partial charge in [-0.25, -0.2) is 0 Å². The molecule has 1 heterocycles. The molecule has 0 radical (unpaired) electrons. The third kappa shape index (κ3) is 2.01. The third-order valence-corrected chi connectivity index (χ3v) is 3.19. The topological polar surface area (TPSA) is 12.0 Å². The first-order valence-corrected chi connectivity index (χ1v) is 5.56. The fraction of sp³-hybridized carbons (Fsp3) is 1.00. The zero-order chi connectivity index (χ0) is 9.03. The first-order chi connectivity index (χ1) is 5.81. The van der Waals surface area contributed by atoms with Crippen LogP contribution in [-0.2, 0) is 0 Å². The minimum atomic E-state index is 0.623. The Morgan fingerprint density at radius 1 is 1.25 bits per heavy atom. The molecular formula is C11H23N. The molecule has 1 heteroatoms. The van der Waals surface area contributed by atoms with Gasteiger partial charge in [-0.05, 0) is 44.6 Å². The number of piperidine rings is 1. The number of nitrogens with one attached hydrogen (secondary N) is 1. The van der Waals surface area contributed by atoms with E-state index in [2.05, 4.69) is 12.2 Å². The summed E-state index contributed by atoms with van der Waals surface area (Å²) in [6.07, 6.45) is 7.17. The minimum absolute atomic E-state index is 0.623. The van der Waals surface area contributed by atoms with Gasteiger partial charge in [-0.2, -0.15) is 0 Å². The van der Waals surface area contributed by atoms with Gasteiger partial charge in [0.05, 0.1) is 0 Å². The van der Waals surface area contributed by atoms with Crippen LogP contribution in [0.1, 0.15) is 52.9 Å². The van der Waals surface area contributed by atoms with E-state index < -0.39 is 0 Å². The zero-order valence-corrected chi connectivity index (χ0v) is 8.82. The van der Waals surface area contributed by atoms with E-state index in [9.17, 15) is 0 Å². The van der Waals surface area contributed by atoms with Crippen LogP contribution in [-0.4, -0.2) is 12.1 Å². The van der Waals surface area contributed by atoms with E-state index in [-0.39, 0.29) is 0 Å². The summed E-state index contributed by atoms with van der Waals surface area (Å²) in [4.78, 5) is 0. The smallest absolute Gasteiger partial charge is 0.0184 e. The average Bonchev–Trinajstić information content (AvgIpc) is 2.06. The fourth-order valence-corrected chi connectivity index (χ4v) is 2.41. The van der Waals surface area contributed by atoms with Crippen molar-refractivity contribution in [2.45, 2.75) is 58.4 Å². The van der Waals surface area contributed by atoms with Gasteiger partial charge in [0.15, 0.2) is 0 Å². The Labute approximate surface area is 76.9 Å². The van der Waals surface area contributed by atoms with Crippen LogP contribution in [0.15, 0.2) is 0 Å². The van der Waals surface area contributed by atoms with Gasteiger partial charge in [0, 0.05) is 5.54 Å². The zero-order valence-electron chi connectivity index (χ0n) is 8.82. The Kier molecular flexibility index (Phi) is 3.57. The summed E-state index contributed by atoms with van der Waals surface area (Å²) >= 11 is 0. The van der Waals surface area contributed by atoms with E-state index in [4.69, 9.17) is 0 Å². The molecule has 1 aliphatic carbocycles. The molecule has 0 aromatic rings. The van der Waals surface area contributed by atoms with Gasteiger partial charge >= 0.3 is 0 Å². The molecule has 1 aliphatic heterocycles. The van der Waals surface area contributed by atoms with Gasteiger partial charge in [0.2, 0.25) is 0 Å². The molecule has 0 amide bonds. The highest BCUT2D eigenvalue weighted by Crippen LogP contribution is 2.39. The summed E-state index contributed by atoms with van der Waals surface area (Å²) in [7, 11) is 0. The SMILES string of the molecule is CC.C[C@H]1CCNC2(CCC2)C1. The van der Waals surface area contributed by atoms with Gasteiger partial charge in [0.25, 0.3) is 0 Å². The van der Waals surface area contributed by atoms with Crippen LogP contribution in [0, 0.1) is 5.92 Å². The van der Waals surface area contributed by atoms with Crippen LogP contribution in [0.25, 0.3) is 0 Å². The van der Waals surface area contributed by atoms with Crippen LogP contribution in [0.4, 0.5) is 0 Å². The van der Waals surface area contributed by atoms with E-state index in [1.807, 2.05) is 13.8 Å². The monoisotopic (exact) mass is 169 g/mol. The first-order valence-electron chi connectivity index (χ1n) is 5.56. The van der Waals surface area contributed by atoms with Crippen LogP contribution in [0.2, 0.25) is 0 Å². The van der Waals surface area contributed by atoms with Gasteiger partial charge in [-0.1, -0.05) is 20.8 Å². The lowest BCUT2D eigenvalue weighted by molar-refractivity contribution is 0.113. The lowest BCUT2D eigenvalue weighted by Gasteiger charge is -2.47. The van der Waals surface area contributed by atoms with Gasteiger partial charge in [-0.15, -0.1) is 0 Å². The largest absolute Gasteiger partial charge is 0.311 e. The fourth-order valence-electron chi connectivity index (χ4n) is 2.41. The van der Waals surface area contributed by atoms with E-state index >= 15 is 0 Å². The van der Waals surface area contributed by atoms with Crippen LogP contribution in [0.5, 0.6) is 0 Å². The second kappa shape index (κ2) is 4.27. The predicted molar refractivity (Wildman–Crippen MR) is 54.3 cm³/mol.